The molecule has 1 aromatic heterocycles. The van der Waals surface area contributed by atoms with Crippen LogP contribution in [-0.2, 0) is 10.0 Å². The van der Waals surface area contributed by atoms with Crippen LogP contribution >= 0.6 is 0 Å². The van der Waals surface area contributed by atoms with Gasteiger partial charge in [0.25, 0.3) is 0 Å². The number of nitrogens with zero attached hydrogens (tertiary/aromatic N) is 3. The fourth-order valence-electron chi connectivity index (χ4n) is 2.56. The fourth-order valence-corrected chi connectivity index (χ4v) is 4.43. The Balaban J connectivity index is 2.26. The van der Waals surface area contributed by atoms with Gasteiger partial charge >= 0.3 is 0 Å². The van der Waals surface area contributed by atoms with E-state index < -0.39 is 10.0 Å². The summed E-state index contributed by atoms with van der Waals surface area (Å²) in [5.74, 6) is 0.468. The van der Waals surface area contributed by atoms with Gasteiger partial charge in [-0.1, -0.05) is 24.3 Å². The summed E-state index contributed by atoms with van der Waals surface area (Å²) in [7, 11) is -3.32. The number of fused-ring (bicyclic) bond motifs is 1. The molecule has 1 atom stereocenters. The van der Waals surface area contributed by atoms with Crippen molar-refractivity contribution >= 4 is 26.6 Å². The van der Waals surface area contributed by atoms with E-state index in [1.165, 1.54) is 4.31 Å². The topological polar surface area (TPSA) is 74.1 Å². The molecule has 6 heteroatoms. The van der Waals surface area contributed by atoms with Crippen LogP contribution in [0.3, 0.4) is 0 Å². The first-order chi connectivity index (χ1) is 9.53. The molecule has 3 rings (SSSR count). The number of pyridine rings is 1. The molecule has 1 saturated heterocycles. The van der Waals surface area contributed by atoms with Crippen molar-refractivity contribution in [1.29, 1.82) is 5.26 Å². The predicted octanol–water partition coefficient (Wildman–Crippen LogP) is 2.03. The van der Waals surface area contributed by atoms with Crippen LogP contribution in [0.25, 0.3) is 10.8 Å². The number of anilines is 1. The second-order valence-electron chi connectivity index (χ2n) is 4.91. The maximum absolute atomic E-state index is 12.1. The summed E-state index contributed by atoms with van der Waals surface area (Å²) >= 11 is 0. The number of sulfonamides is 1. The van der Waals surface area contributed by atoms with Crippen LogP contribution in [0.2, 0.25) is 0 Å². The molecule has 0 aliphatic carbocycles. The monoisotopic (exact) mass is 287 g/mol. The fraction of sp³-hybridized carbons (Fsp3) is 0.286. The molecule has 1 aromatic carbocycles. The molecule has 0 bridgehead atoms. The molecule has 0 amide bonds. The molecule has 2 aromatic rings. The summed E-state index contributed by atoms with van der Waals surface area (Å²) in [6.07, 6.45) is 0.582. The summed E-state index contributed by atoms with van der Waals surface area (Å²) in [5.41, 5.74) is 0.257. The zero-order valence-electron chi connectivity index (χ0n) is 10.9. The molecule has 1 fully saturated rings. The highest BCUT2D eigenvalue weighted by atomic mass is 32.2. The smallest absolute Gasteiger partial charge is 0.236 e. The van der Waals surface area contributed by atoms with Gasteiger partial charge in [0.05, 0.1) is 5.75 Å². The number of aromatic nitrogens is 1. The Morgan fingerprint density at radius 3 is 2.80 bits per heavy atom. The lowest BCUT2D eigenvalue weighted by Gasteiger charge is -2.21. The van der Waals surface area contributed by atoms with Crippen LogP contribution in [0.15, 0.2) is 30.3 Å². The Bertz CT molecular complexity index is 824. The summed E-state index contributed by atoms with van der Waals surface area (Å²) < 4.78 is 25.6. The quantitative estimate of drug-likeness (QED) is 0.804. The largest absolute Gasteiger partial charge is 0.251 e. The van der Waals surface area contributed by atoms with Crippen molar-refractivity contribution in [3.63, 3.8) is 0 Å². The van der Waals surface area contributed by atoms with E-state index in [4.69, 9.17) is 0 Å². The Morgan fingerprint density at radius 1 is 1.40 bits per heavy atom. The summed E-state index contributed by atoms with van der Waals surface area (Å²) in [4.78, 5) is 4.23. The second-order valence-corrected chi connectivity index (χ2v) is 6.88. The number of hydrogen-bond acceptors (Lipinski definition) is 4. The van der Waals surface area contributed by atoms with Gasteiger partial charge in [-0.3, -0.25) is 4.31 Å². The van der Waals surface area contributed by atoms with Crippen molar-refractivity contribution in [3.05, 3.63) is 36.0 Å². The number of nitriles is 1. The summed E-state index contributed by atoms with van der Waals surface area (Å²) in [5, 5.41) is 10.8. The van der Waals surface area contributed by atoms with Crippen molar-refractivity contribution in [2.24, 2.45) is 0 Å². The maximum atomic E-state index is 12.1. The molecular weight excluding hydrogens is 274 g/mol. The zero-order valence-corrected chi connectivity index (χ0v) is 11.8. The molecule has 102 valence electrons. The molecule has 0 spiro atoms. The lowest BCUT2D eigenvalue weighted by molar-refractivity contribution is 0.597. The lowest BCUT2D eigenvalue weighted by Crippen LogP contribution is -2.32. The molecule has 2 heterocycles. The average Bonchev–Trinajstić information content (AvgIpc) is 2.71. The molecule has 0 radical (unpaired) electrons. The van der Waals surface area contributed by atoms with E-state index in [0.29, 0.717) is 12.2 Å². The van der Waals surface area contributed by atoms with Crippen LogP contribution in [0, 0.1) is 11.3 Å². The number of rotatable bonds is 1. The van der Waals surface area contributed by atoms with Gasteiger partial charge in [-0.05, 0) is 24.8 Å². The summed E-state index contributed by atoms with van der Waals surface area (Å²) in [6.45, 7) is 1.85. The summed E-state index contributed by atoms with van der Waals surface area (Å²) in [6, 6.07) is 11.0. The highest BCUT2D eigenvalue weighted by Gasteiger charge is 2.35. The van der Waals surface area contributed by atoms with Gasteiger partial charge < -0.3 is 0 Å². The molecule has 0 N–H and O–H groups in total. The maximum Gasteiger partial charge on any atom is 0.236 e. The normalized spacial score (nSPS) is 21.0. The molecule has 0 saturated carbocycles. The van der Waals surface area contributed by atoms with E-state index in [2.05, 4.69) is 4.98 Å². The Hall–Kier alpha value is -2.13. The first-order valence-corrected chi connectivity index (χ1v) is 7.96. The zero-order chi connectivity index (χ0) is 14.3. The number of hydrogen-bond donors (Lipinski definition) is 0. The van der Waals surface area contributed by atoms with E-state index >= 15 is 0 Å². The van der Waals surface area contributed by atoms with Crippen LogP contribution in [0.4, 0.5) is 5.82 Å². The van der Waals surface area contributed by atoms with E-state index in [9.17, 15) is 13.7 Å². The molecule has 1 aliphatic heterocycles. The minimum atomic E-state index is -3.32. The van der Waals surface area contributed by atoms with Crippen molar-refractivity contribution in [2.75, 3.05) is 10.1 Å². The number of benzene rings is 1. The third kappa shape index (κ3) is 1.91. The van der Waals surface area contributed by atoms with Crippen molar-refractivity contribution in [2.45, 2.75) is 19.4 Å². The minimum absolute atomic E-state index is 0.125. The van der Waals surface area contributed by atoms with E-state index in [0.717, 1.165) is 10.8 Å². The molecule has 5 nitrogen and oxygen atoms in total. The molecule has 0 unspecified atom stereocenters. The van der Waals surface area contributed by atoms with E-state index in [1.807, 2.05) is 37.3 Å². The highest BCUT2D eigenvalue weighted by Crippen LogP contribution is 2.30. The minimum Gasteiger partial charge on any atom is -0.251 e. The van der Waals surface area contributed by atoms with Gasteiger partial charge in [-0.25, -0.2) is 13.4 Å². The predicted molar refractivity (Wildman–Crippen MR) is 76.8 cm³/mol. The van der Waals surface area contributed by atoms with Gasteiger partial charge in [0.2, 0.25) is 10.0 Å². The third-order valence-corrected chi connectivity index (χ3v) is 5.45. The second kappa shape index (κ2) is 4.46. The molecular formula is C14H13N3O2S. The first kappa shape index (κ1) is 12.9. The first-order valence-electron chi connectivity index (χ1n) is 6.35. The van der Waals surface area contributed by atoms with Crippen molar-refractivity contribution in [3.8, 4) is 6.07 Å². The van der Waals surface area contributed by atoms with E-state index in [1.54, 1.807) is 6.07 Å². The van der Waals surface area contributed by atoms with Crippen LogP contribution in [0.1, 0.15) is 19.0 Å². The van der Waals surface area contributed by atoms with Gasteiger partial charge in [0.15, 0.2) is 5.69 Å². The van der Waals surface area contributed by atoms with Gasteiger partial charge in [-0.15, -0.1) is 0 Å². The van der Waals surface area contributed by atoms with Crippen molar-refractivity contribution in [1.82, 2.24) is 4.98 Å². The van der Waals surface area contributed by atoms with Gasteiger partial charge in [0.1, 0.15) is 11.9 Å². The molecule has 20 heavy (non-hydrogen) atoms. The van der Waals surface area contributed by atoms with E-state index in [-0.39, 0.29) is 17.5 Å². The van der Waals surface area contributed by atoms with Gasteiger partial charge in [0, 0.05) is 11.4 Å². The Morgan fingerprint density at radius 2 is 2.15 bits per heavy atom. The van der Waals surface area contributed by atoms with Crippen molar-refractivity contribution < 1.29 is 8.42 Å². The van der Waals surface area contributed by atoms with Crippen LogP contribution in [-0.4, -0.2) is 25.2 Å². The van der Waals surface area contributed by atoms with Crippen LogP contribution < -0.4 is 4.31 Å². The average molecular weight is 287 g/mol. The Labute approximate surface area is 117 Å². The van der Waals surface area contributed by atoms with Crippen LogP contribution in [0.5, 0.6) is 0 Å². The Kier molecular flexibility index (Phi) is 2.87. The third-order valence-electron chi connectivity index (χ3n) is 3.55. The van der Waals surface area contributed by atoms with Gasteiger partial charge in [-0.2, -0.15) is 5.26 Å². The highest BCUT2D eigenvalue weighted by molar-refractivity contribution is 7.93. The lowest BCUT2D eigenvalue weighted by atomic mass is 10.1. The SMILES string of the molecule is C[C@H]1CCS(=O)(=O)N1c1cc2ccccc2c(C#N)n1. The standard InChI is InChI=1S/C14H13N3O2S/c1-10-6-7-20(18,19)17(10)14-8-11-4-2-3-5-12(11)13(9-15)16-14/h2-5,8,10H,6-7H2,1H3/t10-/m0/s1. The molecule has 1 aliphatic rings.